The van der Waals surface area contributed by atoms with Gasteiger partial charge in [0.25, 0.3) is 0 Å². The highest BCUT2D eigenvalue weighted by molar-refractivity contribution is 5.86. The fraction of sp³-hybridized carbons (Fsp3) is 0.262. The van der Waals surface area contributed by atoms with E-state index in [1.165, 1.54) is 99.3 Å². The highest BCUT2D eigenvalue weighted by Crippen LogP contribution is 2.56. The van der Waals surface area contributed by atoms with E-state index in [1.54, 1.807) is 0 Å². The molecule has 0 spiro atoms. The van der Waals surface area contributed by atoms with Gasteiger partial charge >= 0.3 is 0 Å². The van der Waals surface area contributed by atoms with Crippen LogP contribution in [0.1, 0.15) is 115 Å². The summed E-state index contributed by atoms with van der Waals surface area (Å²) in [6.07, 6.45) is 17.8. The van der Waals surface area contributed by atoms with Crippen molar-refractivity contribution in [3.63, 3.8) is 0 Å². The number of hydrogen-bond acceptors (Lipinski definition) is 4. The fourth-order valence-corrected chi connectivity index (χ4v) is 10.7. The third-order valence-corrected chi connectivity index (χ3v) is 14.2. The average Bonchev–Trinajstić information content (AvgIpc) is 3.66. The Morgan fingerprint density at radius 3 is 0.928 bits per heavy atom. The van der Waals surface area contributed by atoms with E-state index in [9.17, 15) is 0 Å². The molecular weight excluding hydrogens is 837 g/mol. The maximum atomic E-state index is 3.87. The molecule has 1 aliphatic carbocycles. The van der Waals surface area contributed by atoms with Gasteiger partial charge in [0.1, 0.15) is 0 Å². The lowest BCUT2D eigenvalue weighted by molar-refractivity contribution is 0.398. The van der Waals surface area contributed by atoms with E-state index in [0.717, 1.165) is 69.7 Å². The van der Waals surface area contributed by atoms with Crippen LogP contribution in [0.25, 0.3) is 11.1 Å². The Bertz CT molecular complexity index is 2510. The summed E-state index contributed by atoms with van der Waals surface area (Å²) in [6.45, 7) is 4.63. The number of fused-ring (bicyclic) bond motifs is 3. The number of anilines is 10. The van der Waals surface area contributed by atoms with Crippen LogP contribution in [0.15, 0.2) is 206 Å². The van der Waals surface area contributed by atoms with Gasteiger partial charge < -0.3 is 20.4 Å². The molecule has 1 aliphatic rings. The summed E-state index contributed by atoms with van der Waals surface area (Å²) in [7, 11) is 0. The summed E-state index contributed by atoms with van der Waals surface area (Å²) in [5.74, 6) is 0. The van der Waals surface area contributed by atoms with Crippen molar-refractivity contribution < 1.29 is 0 Å². The molecule has 0 heterocycles. The van der Waals surface area contributed by atoms with Crippen LogP contribution >= 0.6 is 0 Å². The van der Waals surface area contributed by atoms with Gasteiger partial charge in [-0.2, -0.15) is 0 Å². The third-order valence-electron chi connectivity index (χ3n) is 14.2. The molecular formula is C65H70N4. The first-order chi connectivity index (χ1) is 34.1. The van der Waals surface area contributed by atoms with E-state index in [4.69, 9.17) is 0 Å². The first-order valence-electron chi connectivity index (χ1n) is 26.0. The fourth-order valence-electron chi connectivity index (χ4n) is 10.7. The standard InChI is InChI=1S/C65H70N4/c1-3-5-7-9-11-25-47-65(48-26-12-10-8-6-4-2)63-49-53(66-51-35-41-59(42-36-51)68(55-27-17-13-18-28-55)56-29-19-14-20-30-56)39-45-61(63)62-46-40-54(50-64(62)65)67-52-37-43-60(44-38-52)69(57-31-21-15-22-32-57)58-33-23-16-24-34-58/h13-24,27-46,49-50,66-67H,3-12,25-26,47-48H2,1-2H3. The molecule has 8 aromatic carbocycles. The quantitative estimate of drug-likeness (QED) is 0.0592. The van der Waals surface area contributed by atoms with Gasteiger partial charge in [-0.1, -0.05) is 176 Å². The van der Waals surface area contributed by atoms with Gasteiger partial charge in [0.2, 0.25) is 0 Å². The van der Waals surface area contributed by atoms with E-state index >= 15 is 0 Å². The molecule has 0 aliphatic heterocycles. The third kappa shape index (κ3) is 11.3. The first kappa shape index (κ1) is 47.0. The van der Waals surface area contributed by atoms with Crippen molar-refractivity contribution in [2.24, 2.45) is 0 Å². The molecule has 4 nitrogen and oxygen atoms in total. The van der Waals surface area contributed by atoms with E-state index < -0.39 is 0 Å². The summed E-state index contributed by atoms with van der Waals surface area (Å²) in [5, 5.41) is 7.74. The highest BCUT2D eigenvalue weighted by Gasteiger charge is 2.42. The van der Waals surface area contributed by atoms with Crippen molar-refractivity contribution in [3.8, 4) is 11.1 Å². The van der Waals surface area contributed by atoms with Crippen LogP contribution < -0.4 is 20.4 Å². The summed E-state index contributed by atoms with van der Waals surface area (Å²) in [5.41, 5.74) is 17.0. The number of nitrogens with one attached hydrogen (secondary N) is 2. The minimum Gasteiger partial charge on any atom is -0.356 e. The SMILES string of the molecule is CCCCCCCCC1(CCCCCCCC)c2cc(Nc3ccc(N(c4ccccc4)c4ccccc4)cc3)ccc2-c2ccc(Nc3ccc(N(c4ccccc4)c4ccccc4)cc3)cc21. The van der Waals surface area contributed by atoms with Crippen molar-refractivity contribution in [1.82, 2.24) is 0 Å². The molecule has 0 radical (unpaired) electrons. The predicted octanol–water partition coefficient (Wildman–Crippen LogP) is 19.9. The zero-order valence-corrected chi connectivity index (χ0v) is 40.9. The monoisotopic (exact) mass is 907 g/mol. The Kier molecular flexibility index (Phi) is 15.9. The molecule has 0 aromatic heterocycles. The number of unbranched alkanes of at least 4 members (excludes halogenated alkanes) is 10. The Hall–Kier alpha value is -7.04. The van der Waals surface area contributed by atoms with Crippen LogP contribution in [0.4, 0.5) is 56.9 Å². The second-order valence-corrected chi connectivity index (χ2v) is 19.0. The molecule has 0 amide bonds. The van der Waals surface area contributed by atoms with E-state index in [-0.39, 0.29) is 5.41 Å². The van der Waals surface area contributed by atoms with Gasteiger partial charge in [-0.25, -0.2) is 0 Å². The van der Waals surface area contributed by atoms with Crippen molar-refractivity contribution in [2.45, 2.75) is 109 Å². The largest absolute Gasteiger partial charge is 0.356 e. The molecule has 0 fully saturated rings. The van der Waals surface area contributed by atoms with E-state index in [2.05, 4.69) is 241 Å². The summed E-state index contributed by atoms with van der Waals surface area (Å²) < 4.78 is 0. The summed E-state index contributed by atoms with van der Waals surface area (Å²) in [4.78, 5) is 4.64. The number of para-hydroxylation sites is 4. The minimum absolute atomic E-state index is 0.0684. The van der Waals surface area contributed by atoms with Gasteiger partial charge in [0.15, 0.2) is 0 Å². The number of nitrogens with zero attached hydrogens (tertiary/aromatic N) is 2. The second-order valence-electron chi connectivity index (χ2n) is 19.0. The van der Waals surface area contributed by atoms with Gasteiger partial charge in [0.05, 0.1) is 0 Å². The first-order valence-corrected chi connectivity index (χ1v) is 26.0. The molecule has 9 rings (SSSR count). The maximum Gasteiger partial charge on any atom is 0.0463 e. The highest BCUT2D eigenvalue weighted by atomic mass is 15.1. The molecule has 350 valence electrons. The molecule has 4 heteroatoms. The zero-order valence-electron chi connectivity index (χ0n) is 40.9. The molecule has 0 saturated carbocycles. The van der Waals surface area contributed by atoms with Crippen molar-refractivity contribution in [2.75, 3.05) is 20.4 Å². The molecule has 0 bridgehead atoms. The topological polar surface area (TPSA) is 30.5 Å². The lowest BCUT2D eigenvalue weighted by Gasteiger charge is -2.33. The van der Waals surface area contributed by atoms with Crippen LogP contribution in [0, 0.1) is 0 Å². The molecule has 0 atom stereocenters. The Morgan fingerprint density at radius 2 is 0.594 bits per heavy atom. The lowest BCUT2D eigenvalue weighted by atomic mass is 9.70. The van der Waals surface area contributed by atoms with Crippen LogP contribution in [-0.4, -0.2) is 0 Å². The van der Waals surface area contributed by atoms with Crippen LogP contribution in [0.2, 0.25) is 0 Å². The molecule has 69 heavy (non-hydrogen) atoms. The number of hydrogen-bond donors (Lipinski definition) is 2. The van der Waals surface area contributed by atoms with Gasteiger partial charge in [-0.15, -0.1) is 0 Å². The van der Waals surface area contributed by atoms with Gasteiger partial charge in [-0.05, 0) is 156 Å². The minimum atomic E-state index is -0.0684. The summed E-state index contributed by atoms with van der Waals surface area (Å²) in [6, 6.07) is 74.8. The van der Waals surface area contributed by atoms with Crippen molar-refractivity contribution >= 4 is 56.9 Å². The Morgan fingerprint density at radius 1 is 0.304 bits per heavy atom. The molecule has 0 unspecified atom stereocenters. The number of benzene rings is 8. The Balaban J connectivity index is 1.02. The van der Waals surface area contributed by atoms with Gasteiger partial charge in [0, 0.05) is 62.3 Å². The normalized spacial score (nSPS) is 12.3. The average molecular weight is 907 g/mol. The van der Waals surface area contributed by atoms with Gasteiger partial charge in [-0.3, -0.25) is 0 Å². The van der Waals surface area contributed by atoms with Crippen molar-refractivity contribution in [3.05, 3.63) is 217 Å². The van der Waals surface area contributed by atoms with Crippen LogP contribution in [-0.2, 0) is 5.41 Å². The molecule has 0 saturated heterocycles. The number of rotatable bonds is 24. The van der Waals surface area contributed by atoms with E-state index in [0.29, 0.717) is 0 Å². The smallest absolute Gasteiger partial charge is 0.0463 e. The van der Waals surface area contributed by atoms with Crippen molar-refractivity contribution in [1.29, 1.82) is 0 Å². The van der Waals surface area contributed by atoms with Crippen LogP contribution in [0.5, 0.6) is 0 Å². The maximum absolute atomic E-state index is 3.87. The Labute approximate surface area is 413 Å². The van der Waals surface area contributed by atoms with Crippen LogP contribution in [0.3, 0.4) is 0 Å². The van der Waals surface area contributed by atoms with E-state index in [1.807, 2.05) is 0 Å². The lowest BCUT2D eigenvalue weighted by Crippen LogP contribution is -2.26. The second kappa shape index (κ2) is 23.3. The summed E-state index contributed by atoms with van der Waals surface area (Å²) >= 11 is 0. The zero-order chi connectivity index (χ0) is 47.1. The molecule has 2 N–H and O–H groups in total. The predicted molar refractivity (Wildman–Crippen MR) is 297 cm³/mol. The molecule has 8 aromatic rings.